The van der Waals surface area contributed by atoms with Crippen LogP contribution in [0.25, 0.3) is 10.2 Å². The number of carboxylic acid groups (broad SMARTS) is 1. The Hall–Kier alpha value is -2.22. The van der Waals surface area contributed by atoms with Crippen LogP contribution in [0.3, 0.4) is 0 Å². The van der Waals surface area contributed by atoms with Crippen LogP contribution in [0.1, 0.15) is 46.7 Å². The van der Waals surface area contributed by atoms with Gasteiger partial charge in [-0.25, -0.2) is 9.78 Å². The van der Waals surface area contributed by atoms with Crippen molar-refractivity contribution < 1.29 is 19.4 Å². The van der Waals surface area contributed by atoms with E-state index in [1.54, 1.807) is 6.92 Å². The number of ether oxygens (including phenoxy) is 1. The molecule has 0 aromatic carbocycles. The van der Waals surface area contributed by atoms with Crippen molar-refractivity contribution in [1.29, 1.82) is 0 Å². The minimum atomic E-state index is -1.28. The fourth-order valence-electron chi connectivity index (χ4n) is 2.82. The van der Waals surface area contributed by atoms with Crippen LogP contribution in [0.4, 0.5) is 0 Å². The van der Waals surface area contributed by atoms with Crippen LogP contribution in [0.15, 0.2) is 4.79 Å². The van der Waals surface area contributed by atoms with Crippen LogP contribution < -0.4 is 5.56 Å². The molecule has 2 aromatic rings. The molecule has 0 bridgehead atoms. The van der Waals surface area contributed by atoms with E-state index >= 15 is 0 Å². The van der Waals surface area contributed by atoms with Gasteiger partial charge in [-0.1, -0.05) is 0 Å². The first-order chi connectivity index (χ1) is 10.5. The topological polar surface area (TPSA) is 109 Å². The van der Waals surface area contributed by atoms with Crippen molar-refractivity contribution in [3.63, 3.8) is 0 Å². The molecule has 2 aromatic heterocycles. The summed E-state index contributed by atoms with van der Waals surface area (Å²) < 4.78 is 5.10. The van der Waals surface area contributed by atoms with E-state index in [9.17, 15) is 14.4 Å². The smallest absolute Gasteiger partial charge is 0.372 e. The third kappa shape index (κ3) is 2.29. The van der Waals surface area contributed by atoms with E-state index in [0.29, 0.717) is 22.2 Å². The summed E-state index contributed by atoms with van der Waals surface area (Å²) in [5.41, 5.74) is 0.145. The monoisotopic (exact) mass is 322 g/mol. The Morgan fingerprint density at radius 1 is 1.50 bits per heavy atom. The Balaban J connectivity index is 2.21. The van der Waals surface area contributed by atoms with Gasteiger partial charge in [0, 0.05) is 4.88 Å². The summed E-state index contributed by atoms with van der Waals surface area (Å²) in [7, 11) is 0. The summed E-state index contributed by atoms with van der Waals surface area (Å²) in [5, 5.41) is 9.30. The van der Waals surface area contributed by atoms with Crippen molar-refractivity contribution in [3.05, 3.63) is 26.6 Å². The average Bonchev–Trinajstić information content (AvgIpc) is 2.85. The van der Waals surface area contributed by atoms with E-state index in [0.717, 1.165) is 17.7 Å². The predicted octanol–water partition coefficient (Wildman–Crippen LogP) is 1.67. The van der Waals surface area contributed by atoms with Gasteiger partial charge in [0.05, 0.1) is 17.9 Å². The van der Waals surface area contributed by atoms with Crippen molar-refractivity contribution in [2.24, 2.45) is 0 Å². The summed E-state index contributed by atoms with van der Waals surface area (Å²) in [5.74, 6) is -2.49. The number of aromatic nitrogens is 2. The van der Waals surface area contributed by atoms with Gasteiger partial charge < -0.3 is 14.8 Å². The number of hydrogen-bond donors (Lipinski definition) is 2. The number of aromatic carboxylic acids is 1. The maximum absolute atomic E-state index is 12.3. The maximum Gasteiger partial charge on any atom is 0.372 e. The number of carbonyl (C=O) groups is 2. The Kier molecular flexibility index (Phi) is 3.69. The van der Waals surface area contributed by atoms with E-state index in [-0.39, 0.29) is 18.4 Å². The zero-order valence-electron chi connectivity index (χ0n) is 11.8. The molecule has 2 heterocycles. The first kappa shape index (κ1) is 14.7. The normalized spacial score (nSPS) is 17.2. The van der Waals surface area contributed by atoms with Crippen LogP contribution in [0.2, 0.25) is 0 Å². The number of nitrogens with one attached hydrogen (secondary N) is 1. The number of H-pyrrole nitrogens is 1. The molecule has 0 saturated heterocycles. The summed E-state index contributed by atoms with van der Waals surface area (Å²) in [6, 6.07) is 0. The van der Waals surface area contributed by atoms with E-state index in [1.165, 1.54) is 11.3 Å². The van der Waals surface area contributed by atoms with Crippen LogP contribution in [-0.2, 0) is 16.0 Å². The van der Waals surface area contributed by atoms with Crippen molar-refractivity contribution in [3.8, 4) is 0 Å². The molecule has 1 unspecified atom stereocenters. The van der Waals surface area contributed by atoms with Gasteiger partial charge in [-0.2, -0.15) is 0 Å². The number of esters is 1. The van der Waals surface area contributed by atoms with E-state index in [2.05, 4.69) is 9.97 Å². The highest BCUT2D eigenvalue weighted by Gasteiger charge is 2.33. The Morgan fingerprint density at radius 2 is 2.27 bits per heavy atom. The molecule has 8 heteroatoms. The number of aromatic amines is 1. The third-order valence-electron chi connectivity index (χ3n) is 3.69. The molecule has 3 rings (SSSR count). The van der Waals surface area contributed by atoms with Crippen molar-refractivity contribution in [2.45, 2.75) is 32.1 Å². The third-order valence-corrected chi connectivity index (χ3v) is 4.85. The fourth-order valence-corrected chi connectivity index (χ4v) is 4.10. The number of aryl methyl sites for hydroxylation is 1. The van der Waals surface area contributed by atoms with Gasteiger partial charge in [-0.05, 0) is 31.7 Å². The van der Waals surface area contributed by atoms with Crippen LogP contribution >= 0.6 is 11.3 Å². The molecule has 1 aliphatic rings. The predicted molar refractivity (Wildman–Crippen MR) is 79.5 cm³/mol. The molecule has 22 heavy (non-hydrogen) atoms. The zero-order valence-corrected chi connectivity index (χ0v) is 12.7. The fraction of sp³-hybridized carbons (Fsp3) is 0.429. The number of hydrogen-bond acceptors (Lipinski definition) is 6. The quantitative estimate of drug-likeness (QED) is 0.832. The second-order valence-corrected chi connectivity index (χ2v) is 6.12. The molecule has 1 aliphatic carbocycles. The number of carboxylic acids is 1. The molecule has 2 N–H and O–H groups in total. The number of thiophene rings is 1. The van der Waals surface area contributed by atoms with E-state index in [1.807, 2.05) is 0 Å². The number of rotatable bonds is 3. The first-order valence-electron chi connectivity index (χ1n) is 6.98. The largest absolute Gasteiger partial charge is 0.475 e. The van der Waals surface area contributed by atoms with Gasteiger partial charge in [0.1, 0.15) is 4.83 Å². The molecule has 0 spiro atoms. The molecule has 0 saturated carbocycles. The summed E-state index contributed by atoms with van der Waals surface area (Å²) in [6.07, 6.45) is 2.21. The Bertz CT molecular complexity index is 822. The highest BCUT2D eigenvalue weighted by Crippen LogP contribution is 2.40. The summed E-state index contributed by atoms with van der Waals surface area (Å²) in [4.78, 5) is 42.9. The standard InChI is InChI=1S/C14H14N2O5S/c1-2-21-14(20)6-4-3-5-7-8(6)9-11(17)15-10(13(18)19)16-12(9)22-7/h6H,2-5H2,1H3,(H,18,19)(H,15,16,17). The second-order valence-electron chi connectivity index (χ2n) is 5.04. The van der Waals surface area contributed by atoms with Crippen LogP contribution in [0.5, 0.6) is 0 Å². The van der Waals surface area contributed by atoms with Gasteiger partial charge in [0.15, 0.2) is 0 Å². The van der Waals surface area contributed by atoms with Gasteiger partial charge in [-0.3, -0.25) is 9.59 Å². The molecular weight excluding hydrogens is 308 g/mol. The molecule has 116 valence electrons. The molecule has 0 fully saturated rings. The molecule has 0 amide bonds. The Labute approximate surface area is 128 Å². The molecule has 0 aliphatic heterocycles. The van der Waals surface area contributed by atoms with E-state index in [4.69, 9.17) is 9.84 Å². The lowest BCUT2D eigenvalue weighted by atomic mass is 9.86. The highest BCUT2D eigenvalue weighted by molar-refractivity contribution is 7.18. The lowest BCUT2D eigenvalue weighted by Gasteiger charge is -2.20. The first-order valence-corrected chi connectivity index (χ1v) is 7.80. The highest BCUT2D eigenvalue weighted by atomic mass is 32.1. The SMILES string of the molecule is CCOC(=O)C1CCCc2sc3nc(C(=O)O)[nH]c(=O)c3c21. The van der Waals surface area contributed by atoms with Crippen LogP contribution in [-0.4, -0.2) is 33.6 Å². The number of fused-ring (bicyclic) bond motifs is 3. The second kappa shape index (κ2) is 5.53. The minimum absolute atomic E-state index is 0.282. The summed E-state index contributed by atoms with van der Waals surface area (Å²) >= 11 is 1.28. The lowest BCUT2D eigenvalue weighted by molar-refractivity contribution is -0.145. The number of nitrogens with zero attached hydrogens (tertiary/aromatic N) is 1. The molecular formula is C14H14N2O5S. The average molecular weight is 322 g/mol. The molecule has 1 atom stereocenters. The zero-order chi connectivity index (χ0) is 15.9. The van der Waals surface area contributed by atoms with Gasteiger partial charge in [-0.15, -0.1) is 11.3 Å². The molecule has 7 nitrogen and oxygen atoms in total. The summed E-state index contributed by atoms with van der Waals surface area (Å²) in [6.45, 7) is 2.02. The van der Waals surface area contributed by atoms with E-state index < -0.39 is 17.4 Å². The maximum atomic E-state index is 12.3. The lowest BCUT2D eigenvalue weighted by Crippen LogP contribution is -2.22. The minimum Gasteiger partial charge on any atom is -0.475 e. The van der Waals surface area contributed by atoms with Crippen molar-refractivity contribution >= 4 is 33.5 Å². The molecule has 0 radical (unpaired) electrons. The van der Waals surface area contributed by atoms with Crippen molar-refractivity contribution in [1.82, 2.24) is 9.97 Å². The van der Waals surface area contributed by atoms with Gasteiger partial charge >= 0.3 is 11.9 Å². The van der Waals surface area contributed by atoms with Crippen LogP contribution in [0, 0.1) is 0 Å². The number of carbonyl (C=O) groups excluding carboxylic acids is 1. The van der Waals surface area contributed by atoms with Crippen molar-refractivity contribution in [2.75, 3.05) is 6.61 Å². The Morgan fingerprint density at radius 3 is 2.95 bits per heavy atom. The van der Waals surface area contributed by atoms with Gasteiger partial charge in [0.2, 0.25) is 5.82 Å². The van der Waals surface area contributed by atoms with Gasteiger partial charge in [0.25, 0.3) is 5.56 Å².